The second-order valence-electron chi connectivity index (χ2n) is 8.18. The lowest BCUT2D eigenvalue weighted by Crippen LogP contribution is -2.52. The molecular formula is C20H29N3O3S. The molecule has 148 valence electrons. The second kappa shape index (κ2) is 7.09. The molecule has 0 bridgehead atoms. The van der Waals surface area contributed by atoms with Gasteiger partial charge in [0.15, 0.2) is 9.84 Å². The average molecular weight is 392 g/mol. The molecule has 7 heteroatoms. The van der Waals surface area contributed by atoms with Crippen molar-refractivity contribution in [3.8, 4) is 0 Å². The summed E-state index contributed by atoms with van der Waals surface area (Å²) in [6.07, 6.45) is 6.87. The van der Waals surface area contributed by atoms with Crippen LogP contribution in [0.15, 0.2) is 12.1 Å². The minimum atomic E-state index is -2.86. The molecule has 3 heterocycles. The molecule has 1 atom stereocenters. The summed E-state index contributed by atoms with van der Waals surface area (Å²) in [6, 6.07) is 2.95. The molecule has 27 heavy (non-hydrogen) atoms. The SMILES string of the molecule is Cc1cc(/C=C/C(=O)N2CCN([C@H]3CCS(=O)(=O)C3)CC2)c(C)n1C1CC1. The minimum Gasteiger partial charge on any atom is -0.346 e. The van der Waals surface area contributed by atoms with Gasteiger partial charge in [-0.1, -0.05) is 0 Å². The van der Waals surface area contributed by atoms with E-state index in [0.29, 0.717) is 24.9 Å². The molecule has 0 radical (unpaired) electrons. The molecule has 0 unspecified atom stereocenters. The van der Waals surface area contributed by atoms with Crippen LogP contribution in [0.5, 0.6) is 0 Å². The number of aromatic nitrogens is 1. The van der Waals surface area contributed by atoms with Gasteiger partial charge < -0.3 is 9.47 Å². The lowest BCUT2D eigenvalue weighted by Gasteiger charge is -2.37. The van der Waals surface area contributed by atoms with Gasteiger partial charge in [-0.05, 0) is 50.8 Å². The molecule has 1 saturated carbocycles. The predicted molar refractivity (Wildman–Crippen MR) is 106 cm³/mol. The minimum absolute atomic E-state index is 0.0462. The standard InChI is InChI=1S/C20H29N3O3S/c1-15-13-17(16(2)23(15)18-4-5-18)3-6-20(24)22-10-8-21(9-11-22)19-7-12-27(25,26)14-19/h3,6,13,18-19H,4-5,7-12,14H2,1-2H3/b6-3+/t19-/m0/s1. The quantitative estimate of drug-likeness (QED) is 0.734. The number of carbonyl (C=O) groups excluding carboxylic acids is 1. The first-order chi connectivity index (χ1) is 12.8. The van der Waals surface area contributed by atoms with Gasteiger partial charge in [0.2, 0.25) is 5.91 Å². The summed E-state index contributed by atoms with van der Waals surface area (Å²) in [5, 5.41) is 0. The Morgan fingerprint density at radius 2 is 1.78 bits per heavy atom. The Bertz CT molecular complexity index is 859. The van der Waals surface area contributed by atoms with E-state index in [1.807, 2.05) is 11.0 Å². The Balaban J connectivity index is 1.33. The van der Waals surface area contributed by atoms with Gasteiger partial charge in [0.25, 0.3) is 0 Å². The van der Waals surface area contributed by atoms with Gasteiger partial charge in [-0.25, -0.2) is 8.42 Å². The number of nitrogens with zero attached hydrogens (tertiary/aromatic N) is 3. The van der Waals surface area contributed by atoms with Crippen molar-refractivity contribution in [2.45, 2.75) is 45.2 Å². The summed E-state index contributed by atoms with van der Waals surface area (Å²) >= 11 is 0. The van der Waals surface area contributed by atoms with Crippen molar-refractivity contribution < 1.29 is 13.2 Å². The van der Waals surface area contributed by atoms with Crippen molar-refractivity contribution in [3.05, 3.63) is 29.1 Å². The molecule has 1 amide bonds. The zero-order valence-electron chi connectivity index (χ0n) is 16.2. The number of hydrogen-bond acceptors (Lipinski definition) is 4. The highest BCUT2D eigenvalue weighted by atomic mass is 32.2. The molecule has 1 aromatic heterocycles. The molecule has 4 rings (SSSR count). The van der Waals surface area contributed by atoms with Crippen LogP contribution in [-0.4, -0.2) is 72.4 Å². The maximum absolute atomic E-state index is 12.6. The Labute approximate surface area is 161 Å². The van der Waals surface area contributed by atoms with E-state index in [1.54, 1.807) is 6.08 Å². The molecule has 3 fully saturated rings. The Hall–Kier alpha value is -1.60. The number of hydrogen-bond donors (Lipinski definition) is 0. The lowest BCUT2D eigenvalue weighted by atomic mass is 10.2. The summed E-state index contributed by atoms with van der Waals surface area (Å²) in [6.45, 7) is 7.12. The van der Waals surface area contributed by atoms with Crippen LogP contribution in [0.25, 0.3) is 6.08 Å². The molecule has 0 N–H and O–H groups in total. The molecule has 0 aromatic carbocycles. The number of aryl methyl sites for hydroxylation is 1. The van der Waals surface area contributed by atoms with Crippen LogP contribution in [0.4, 0.5) is 0 Å². The molecule has 0 spiro atoms. The van der Waals surface area contributed by atoms with Crippen molar-refractivity contribution in [1.29, 1.82) is 0 Å². The van der Waals surface area contributed by atoms with Gasteiger partial charge >= 0.3 is 0 Å². The van der Waals surface area contributed by atoms with Crippen molar-refractivity contribution in [2.75, 3.05) is 37.7 Å². The summed E-state index contributed by atoms with van der Waals surface area (Å²) in [4.78, 5) is 16.7. The highest BCUT2D eigenvalue weighted by molar-refractivity contribution is 7.91. The first kappa shape index (κ1) is 18.7. The van der Waals surface area contributed by atoms with E-state index < -0.39 is 9.84 Å². The molecule has 2 saturated heterocycles. The number of sulfone groups is 1. The van der Waals surface area contributed by atoms with Gasteiger partial charge in [0.1, 0.15) is 0 Å². The zero-order chi connectivity index (χ0) is 19.2. The molecule has 3 aliphatic rings. The fourth-order valence-corrected chi connectivity index (χ4v) is 6.26. The Kier molecular flexibility index (Phi) is 4.93. The van der Waals surface area contributed by atoms with E-state index in [0.717, 1.165) is 25.1 Å². The van der Waals surface area contributed by atoms with Gasteiger partial charge in [0, 0.05) is 55.7 Å². The lowest BCUT2D eigenvalue weighted by molar-refractivity contribution is -0.127. The first-order valence-corrected chi connectivity index (χ1v) is 11.8. The van der Waals surface area contributed by atoms with Crippen molar-refractivity contribution >= 4 is 21.8 Å². The largest absolute Gasteiger partial charge is 0.346 e. The van der Waals surface area contributed by atoms with Crippen LogP contribution >= 0.6 is 0 Å². The first-order valence-electron chi connectivity index (χ1n) is 9.94. The molecular weight excluding hydrogens is 362 g/mol. The summed E-state index contributed by atoms with van der Waals surface area (Å²) < 4.78 is 25.7. The average Bonchev–Trinajstić information content (AvgIpc) is 3.34. The van der Waals surface area contributed by atoms with Crippen molar-refractivity contribution in [3.63, 3.8) is 0 Å². The monoisotopic (exact) mass is 391 g/mol. The number of amides is 1. The molecule has 1 aliphatic carbocycles. The number of rotatable bonds is 4. The van der Waals surface area contributed by atoms with E-state index in [2.05, 4.69) is 29.4 Å². The zero-order valence-corrected chi connectivity index (χ0v) is 17.0. The van der Waals surface area contributed by atoms with Crippen LogP contribution in [0.3, 0.4) is 0 Å². The maximum atomic E-state index is 12.6. The fraction of sp³-hybridized carbons (Fsp3) is 0.650. The third-order valence-electron chi connectivity index (χ3n) is 6.19. The summed E-state index contributed by atoms with van der Waals surface area (Å²) in [7, 11) is -2.86. The third-order valence-corrected chi connectivity index (χ3v) is 7.94. The van der Waals surface area contributed by atoms with Gasteiger partial charge in [-0.2, -0.15) is 0 Å². The van der Waals surface area contributed by atoms with Crippen LogP contribution in [-0.2, 0) is 14.6 Å². The highest BCUT2D eigenvalue weighted by Crippen LogP contribution is 2.38. The highest BCUT2D eigenvalue weighted by Gasteiger charge is 2.34. The van der Waals surface area contributed by atoms with Gasteiger partial charge in [0.05, 0.1) is 11.5 Å². The van der Waals surface area contributed by atoms with Gasteiger partial charge in [-0.15, -0.1) is 0 Å². The topological polar surface area (TPSA) is 62.6 Å². The van der Waals surface area contributed by atoms with Crippen molar-refractivity contribution in [2.24, 2.45) is 0 Å². The molecule has 6 nitrogen and oxygen atoms in total. The maximum Gasteiger partial charge on any atom is 0.246 e. The smallest absolute Gasteiger partial charge is 0.246 e. The second-order valence-corrected chi connectivity index (χ2v) is 10.4. The molecule has 1 aromatic rings. The van der Waals surface area contributed by atoms with E-state index in [9.17, 15) is 13.2 Å². The van der Waals surface area contributed by atoms with Crippen LogP contribution in [0.2, 0.25) is 0 Å². The number of piperazine rings is 1. The van der Waals surface area contributed by atoms with E-state index in [-0.39, 0.29) is 17.7 Å². The van der Waals surface area contributed by atoms with E-state index in [4.69, 9.17) is 0 Å². The van der Waals surface area contributed by atoms with E-state index in [1.165, 1.54) is 24.2 Å². The molecule has 2 aliphatic heterocycles. The summed E-state index contributed by atoms with van der Waals surface area (Å²) in [5.41, 5.74) is 3.64. The predicted octanol–water partition coefficient (Wildman–Crippen LogP) is 1.78. The van der Waals surface area contributed by atoms with Crippen LogP contribution in [0, 0.1) is 13.8 Å². The Morgan fingerprint density at radius 3 is 2.37 bits per heavy atom. The van der Waals surface area contributed by atoms with Crippen LogP contribution in [0.1, 0.15) is 42.3 Å². The fourth-order valence-electron chi connectivity index (χ4n) is 4.50. The normalized spacial score (nSPS) is 26.1. The van der Waals surface area contributed by atoms with Crippen molar-refractivity contribution in [1.82, 2.24) is 14.4 Å². The number of carbonyl (C=O) groups is 1. The third kappa shape index (κ3) is 3.99. The van der Waals surface area contributed by atoms with Crippen LogP contribution < -0.4 is 0 Å². The summed E-state index contributed by atoms with van der Waals surface area (Å²) in [5.74, 6) is 0.626. The van der Waals surface area contributed by atoms with E-state index >= 15 is 0 Å². The van der Waals surface area contributed by atoms with Gasteiger partial charge in [-0.3, -0.25) is 9.69 Å². The Morgan fingerprint density at radius 1 is 1.07 bits per heavy atom.